The van der Waals surface area contributed by atoms with Gasteiger partial charge < -0.3 is 19.0 Å². The molecular weight excluding hydrogens is 481 g/mol. The molecule has 0 aromatic carbocycles. The summed E-state index contributed by atoms with van der Waals surface area (Å²) in [7, 11) is -1.81. The Kier molecular flexibility index (Phi) is 35.1. The molecule has 0 aliphatic carbocycles. The Morgan fingerprint density at radius 2 is 0.538 bits per heavy atom. The van der Waals surface area contributed by atoms with Gasteiger partial charge in [0.2, 0.25) is 0 Å². The molecule has 0 aromatic rings. The Morgan fingerprint density at radius 1 is 0.410 bits per heavy atom. The second-order valence-corrected chi connectivity index (χ2v) is 11.8. The zero-order valence-electron chi connectivity index (χ0n) is 28.3. The third kappa shape index (κ3) is 27.3. The van der Waals surface area contributed by atoms with Gasteiger partial charge in [0.1, 0.15) is 0 Å². The van der Waals surface area contributed by atoms with E-state index in [1.54, 1.807) is 0 Å². The number of nitrogens with zero attached hydrogens (tertiary/aromatic N) is 3. The summed E-state index contributed by atoms with van der Waals surface area (Å²) < 4.78 is 2.84. The summed E-state index contributed by atoms with van der Waals surface area (Å²) in [6, 6.07) is 0. The van der Waals surface area contributed by atoms with Crippen molar-refractivity contribution < 1.29 is 19.0 Å². The first-order valence-electron chi connectivity index (χ1n) is 17.2. The minimum absolute atomic E-state index is 1.14. The summed E-state index contributed by atoms with van der Waals surface area (Å²) in [5.41, 5.74) is 0. The maximum Gasteiger partial charge on any atom is 0.573 e. The van der Waals surface area contributed by atoms with E-state index in [0.717, 1.165) is 5.97 Å². The Balaban J connectivity index is -0.000000566. The zero-order valence-corrected chi connectivity index (χ0v) is 28.3. The Bertz CT molecular complexity index is 401. The summed E-state index contributed by atoms with van der Waals surface area (Å²) >= 11 is 0. The number of nitriles is 1. The normalized spacial score (nSPS) is 11.2. The lowest BCUT2D eigenvalue weighted by molar-refractivity contribution is -0.929. The van der Waals surface area contributed by atoms with Crippen LogP contribution in [0.3, 0.4) is 0 Å². The molecule has 0 bridgehead atoms. The van der Waals surface area contributed by atoms with Crippen LogP contribution in [0.15, 0.2) is 0 Å². The van der Waals surface area contributed by atoms with Gasteiger partial charge >= 0.3 is 7.12 Å². The molecule has 39 heavy (non-hydrogen) atoms. The van der Waals surface area contributed by atoms with Crippen LogP contribution in [0.2, 0.25) is 0 Å². The van der Waals surface area contributed by atoms with Gasteiger partial charge in [-0.25, -0.2) is 5.26 Å². The van der Waals surface area contributed by atoms with Crippen LogP contribution in [-0.4, -0.2) is 78.5 Å². The van der Waals surface area contributed by atoms with Crippen LogP contribution in [0, 0.1) is 11.2 Å². The van der Waals surface area contributed by atoms with Crippen LogP contribution in [0.5, 0.6) is 0 Å². The molecule has 0 atom stereocenters. The fourth-order valence-electron chi connectivity index (χ4n) is 5.29. The van der Waals surface area contributed by atoms with E-state index in [0.29, 0.717) is 0 Å². The second-order valence-electron chi connectivity index (χ2n) is 11.8. The molecule has 0 aliphatic heterocycles. The van der Waals surface area contributed by atoms with Crippen molar-refractivity contribution in [3.05, 3.63) is 0 Å². The predicted octanol–water partition coefficient (Wildman–Crippen LogP) is 8.53. The van der Waals surface area contributed by atoms with Crippen molar-refractivity contribution in [3.8, 4) is 5.97 Å². The molecule has 0 aromatic heterocycles. The average molecular weight is 556 g/mol. The van der Waals surface area contributed by atoms with E-state index in [4.69, 9.17) is 15.3 Å². The maximum absolute atomic E-state index is 7.56. The number of quaternary nitrogens is 2. The summed E-state index contributed by atoms with van der Waals surface area (Å²) in [6.07, 6.45) is 22.1. The number of unbranched alkanes of at least 4 members (excludes halogenated alkanes) is 8. The van der Waals surface area contributed by atoms with Crippen molar-refractivity contribution in [1.82, 2.24) is 0 Å². The molecule has 0 unspecified atom stereocenters. The number of rotatable bonds is 24. The highest BCUT2D eigenvalue weighted by Gasteiger charge is 2.25. The van der Waals surface area contributed by atoms with Crippen molar-refractivity contribution >= 4 is 7.12 Å². The van der Waals surface area contributed by atoms with E-state index >= 15 is 0 Å². The monoisotopic (exact) mass is 556 g/mol. The summed E-state index contributed by atoms with van der Waals surface area (Å²) in [4.78, 5) is 0. The third-order valence-electron chi connectivity index (χ3n) is 8.00. The van der Waals surface area contributed by atoms with E-state index in [1.165, 1.54) is 164 Å². The molecule has 0 aliphatic rings. The molecule has 0 spiro atoms. The zero-order chi connectivity index (χ0) is 30.3. The Labute approximate surface area is 247 Å². The van der Waals surface area contributed by atoms with E-state index in [9.17, 15) is 0 Å². The topological polar surface area (TPSA) is 64.2 Å². The highest BCUT2D eigenvalue weighted by molar-refractivity contribution is 6.50. The first-order chi connectivity index (χ1) is 18.8. The van der Waals surface area contributed by atoms with Gasteiger partial charge in [-0.05, 0) is 51.4 Å². The van der Waals surface area contributed by atoms with Crippen LogP contribution < -0.4 is 0 Å². The van der Waals surface area contributed by atoms with Gasteiger partial charge in [-0.15, -0.1) is 0 Å². The van der Waals surface area contributed by atoms with Crippen molar-refractivity contribution in [1.29, 1.82) is 5.26 Å². The molecule has 0 saturated carbocycles. The molecule has 2 N–H and O–H groups in total. The molecule has 6 heteroatoms. The average Bonchev–Trinajstić information content (AvgIpc) is 2.96. The van der Waals surface area contributed by atoms with Gasteiger partial charge in [0.15, 0.2) is 0 Å². The second kappa shape index (κ2) is 31.9. The van der Waals surface area contributed by atoms with Crippen LogP contribution in [-0.2, 0) is 0 Å². The van der Waals surface area contributed by atoms with E-state index < -0.39 is 7.12 Å². The predicted molar refractivity (Wildman–Crippen MR) is 175 cm³/mol. The first kappa shape index (κ1) is 42.9. The smallest absolute Gasteiger partial charge is 0.415 e. The van der Waals surface area contributed by atoms with E-state index in [1.807, 2.05) is 0 Å². The molecule has 0 saturated heterocycles. The maximum atomic E-state index is 7.56. The lowest BCUT2D eigenvalue weighted by Crippen LogP contribution is -2.50. The van der Waals surface area contributed by atoms with Crippen LogP contribution in [0.25, 0.3) is 0 Å². The molecule has 0 fully saturated rings. The third-order valence-corrected chi connectivity index (χ3v) is 8.00. The fourth-order valence-corrected chi connectivity index (χ4v) is 5.29. The van der Waals surface area contributed by atoms with Crippen LogP contribution in [0.1, 0.15) is 158 Å². The number of hydrogen-bond acceptors (Lipinski definition) is 3. The lowest BCUT2D eigenvalue weighted by Gasteiger charge is -2.39. The minimum Gasteiger partial charge on any atom is -0.415 e. The largest absolute Gasteiger partial charge is 0.573 e. The molecule has 0 radical (unpaired) electrons. The fraction of sp³-hybridized carbons (Fsp3) is 0.970. The quantitative estimate of drug-likeness (QED) is 0.0927. The summed E-state index contributed by atoms with van der Waals surface area (Å²) in [5, 5.41) is 22.5. The van der Waals surface area contributed by atoms with Crippen molar-refractivity contribution in [3.63, 3.8) is 0 Å². The molecule has 0 amide bonds. The lowest BCUT2D eigenvalue weighted by atomic mass is 9.97. The minimum atomic E-state index is -1.81. The van der Waals surface area contributed by atoms with Crippen LogP contribution in [0.4, 0.5) is 0 Å². The van der Waals surface area contributed by atoms with Gasteiger partial charge in [0.05, 0.1) is 58.3 Å². The van der Waals surface area contributed by atoms with E-state index in [-0.39, 0.29) is 0 Å². The summed E-state index contributed by atoms with van der Waals surface area (Å²) in [5.74, 6) is 1.14. The molecule has 234 valence electrons. The molecule has 5 nitrogen and oxygen atoms in total. The van der Waals surface area contributed by atoms with Crippen molar-refractivity contribution in [2.24, 2.45) is 0 Å². The highest BCUT2D eigenvalue weighted by Crippen LogP contribution is 2.17. The van der Waals surface area contributed by atoms with E-state index in [2.05, 4.69) is 55.4 Å². The van der Waals surface area contributed by atoms with Gasteiger partial charge in [-0.1, -0.05) is 107 Å². The Morgan fingerprint density at radius 3 is 0.615 bits per heavy atom. The standard InChI is InChI=1S/2C16H36N.CH2BNO2/c2*1-5-9-13-17(14-10-6-2,15-11-7-3)16-12-8-4;3-1-2(4)5/h2*5-16H2,1-4H3;4-5H/q2*+1;. The molecule has 0 rings (SSSR count). The molecular formula is C33H74BN3O2+2. The van der Waals surface area contributed by atoms with Crippen LogP contribution >= 0.6 is 0 Å². The van der Waals surface area contributed by atoms with Crippen molar-refractivity contribution in [2.75, 3.05) is 52.4 Å². The summed E-state index contributed by atoms with van der Waals surface area (Å²) in [6.45, 7) is 30.0. The Hall–Kier alpha value is -0.605. The molecule has 0 heterocycles. The first-order valence-corrected chi connectivity index (χ1v) is 17.2. The highest BCUT2D eigenvalue weighted by atomic mass is 16.4. The van der Waals surface area contributed by atoms with Crippen molar-refractivity contribution in [2.45, 2.75) is 158 Å². The van der Waals surface area contributed by atoms with Gasteiger partial charge in [0.25, 0.3) is 0 Å². The van der Waals surface area contributed by atoms with Gasteiger partial charge in [-0.3, -0.25) is 0 Å². The number of hydrogen-bond donors (Lipinski definition) is 2. The van der Waals surface area contributed by atoms with Gasteiger partial charge in [0, 0.05) is 0 Å². The van der Waals surface area contributed by atoms with Gasteiger partial charge in [-0.2, -0.15) is 0 Å². The SMILES string of the molecule is CCCC[N+](CCCC)(CCCC)CCCC.CCCC[N+](CCCC)(CCCC)CCCC.N#CB(O)O.